The van der Waals surface area contributed by atoms with E-state index < -0.39 is 0 Å². The second-order valence-corrected chi connectivity index (χ2v) is 5.01. The lowest BCUT2D eigenvalue weighted by Crippen LogP contribution is -2.16. The van der Waals surface area contributed by atoms with Crippen LogP contribution in [-0.2, 0) is 0 Å². The SMILES string of the molecule is CNC(=O)c1ccc(-c2ccc([C@H]3CCCN3)cc2)o1. The van der Waals surface area contributed by atoms with E-state index >= 15 is 0 Å². The molecule has 104 valence electrons. The van der Waals surface area contributed by atoms with E-state index in [1.165, 1.54) is 18.4 Å². The monoisotopic (exact) mass is 270 g/mol. The Morgan fingerprint density at radius 2 is 2.05 bits per heavy atom. The number of carbonyl (C=O) groups excluding carboxylic acids is 1. The van der Waals surface area contributed by atoms with Crippen LogP contribution in [-0.4, -0.2) is 19.5 Å². The van der Waals surface area contributed by atoms with Crippen LogP contribution in [0.15, 0.2) is 40.8 Å². The van der Waals surface area contributed by atoms with Gasteiger partial charge in [-0.05, 0) is 37.1 Å². The van der Waals surface area contributed by atoms with E-state index in [9.17, 15) is 4.79 Å². The fraction of sp³-hybridized carbons (Fsp3) is 0.312. The molecule has 4 heteroatoms. The quantitative estimate of drug-likeness (QED) is 0.901. The molecule has 4 nitrogen and oxygen atoms in total. The van der Waals surface area contributed by atoms with Gasteiger partial charge < -0.3 is 15.1 Å². The van der Waals surface area contributed by atoms with Gasteiger partial charge >= 0.3 is 0 Å². The zero-order valence-corrected chi connectivity index (χ0v) is 11.5. The van der Waals surface area contributed by atoms with Crippen LogP contribution in [0.2, 0.25) is 0 Å². The summed E-state index contributed by atoms with van der Waals surface area (Å²) in [5.74, 6) is 0.849. The van der Waals surface area contributed by atoms with E-state index in [0.29, 0.717) is 11.8 Å². The summed E-state index contributed by atoms with van der Waals surface area (Å²) in [6.07, 6.45) is 2.43. The number of furan rings is 1. The second-order valence-electron chi connectivity index (χ2n) is 5.01. The molecule has 0 spiro atoms. The number of benzene rings is 1. The van der Waals surface area contributed by atoms with Crippen LogP contribution in [0.5, 0.6) is 0 Å². The van der Waals surface area contributed by atoms with Gasteiger partial charge in [0.05, 0.1) is 0 Å². The van der Waals surface area contributed by atoms with Crippen molar-refractivity contribution in [3.05, 3.63) is 47.7 Å². The van der Waals surface area contributed by atoms with Crippen LogP contribution in [0.3, 0.4) is 0 Å². The number of hydrogen-bond donors (Lipinski definition) is 2. The molecule has 1 aliphatic heterocycles. The number of hydrogen-bond acceptors (Lipinski definition) is 3. The predicted octanol–water partition coefficient (Wildman–Crippen LogP) is 2.73. The van der Waals surface area contributed by atoms with Crippen LogP contribution in [0.1, 0.15) is 35.0 Å². The fourth-order valence-electron chi connectivity index (χ4n) is 2.59. The first-order valence-electron chi connectivity index (χ1n) is 6.93. The molecule has 1 fully saturated rings. The highest BCUT2D eigenvalue weighted by atomic mass is 16.3. The summed E-state index contributed by atoms with van der Waals surface area (Å²) >= 11 is 0. The van der Waals surface area contributed by atoms with Crippen molar-refractivity contribution in [3.63, 3.8) is 0 Å². The summed E-state index contributed by atoms with van der Waals surface area (Å²) in [6.45, 7) is 1.10. The molecule has 1 amide bonds. The largest absolute Gasteiger partial charge is 0.451 e. The average Bonchev–Trinajstić information content (AvgIpc) is 3.18. The predicted molar refractivity (Wildman–Crippen MR) is 77.5 cm³/mol. The Hall–Kier alpha value is -2.07. The van der Waals surface area contributed by atoms with Crippen molar-refractivity contribution < 1.29 is 9.21 Å². The molecule has 0 saturated carbocycles. The van der Waals surface area contributed by atoms with E-state index in [4.69, 9.17) is 4.42 Å². The smallest absolute Gasteiger partial charge is 0.286 e. The van der Waals surface area contributed by atoms with Crippen molar-refractivity contribution in [2.24, 2.45) is 0 Å². The zero-order chi connectivity index (χ0) is 13.9. The van der Waals surface area contributed by atoms with Crippen molar-refractivity contribution in [3.8, 4) is 11.3 Å². The van der Waals surface area contributed by atoms with Crippen molar-refractivity contribution in [1.82, 2.24) is 10.6 Å². The number of nitrogens with one attached hydrogen (secondary N) is 2. The van der Waals surface area contributed by atoms with Crippen LogP contribution in [0, 0.1) is 0 Å². The minimum Gasteiger partial charge on any atom is -0.451 e. The van der Waals surface area contributed by atoms with E-state index in [0.717, 1.165) is 17.9 Å². The third kappa shape index (κ3) is 2.47. The van der Waals surface area contributed by atoms with E-state index in [-0.39, 0.29) is 5.91 Å². The van der Waals surface area contributed by atoms with Crippen molar-refractivity contribution >= 4 is 5.91 Å². The summed E-state index contributed by atoms with van der Waals surface area (Å²) in [5, 5.41) is 6.03. The molecule has 3 rings (SSSR count). The molecule has 1 aliphatic rings. The third-order valence-electron chi connectivity index (χ3n) is 3.71. The molecule has 0 aliphatic carbocycles. The summed E-state index contributed by atoms with van der Waals surface area (Å²) in [4.78, 5) is 11.5. The van der Waals surface area contributed by atoms with Crippen LogP contribution in [0.25, 0.3) is 11.3 Å². The maximum Gasteiger partial charge on any atom is 0.286 e. The molecule has 1 atom stereocenters. The van der Waals surface area contributed by atoms with Gasteiger partial charge in [-0.15, -0.1) is 0 Å². The molecule has 0 bridgehead atoms. The lowest BCUT2D eigenvalue weighted by atomic mass is 10.0. The summed E-state index contributed by atoms with van der Waals surface area (Å²) in [7, 11) is 1.59. The second kappa shape index (κ2) is 5.51. The highest BCUT2D eigenvalue weighted by Crippen LogP contribution is 2.27. The summed E-state index contributed by atoms with van der Waals surface area (Å²) in [6, 6.07) is 12.3. The van der Waals surface area contributed by atoms with E-state index in [1.807, 2.05) is 18.2 Å². The molecule has 2 aromatic rings. The van der Waals surface area contributed by atoms with Gasteiger partial charge in [0, 0.05) is 18.7 Å². The Morgan fingerprint density at radius 1 is 1.25 bits per heavy atom. The first kappa shape index (κ1) is 12.9. The molecule has 1 aromatic heterocycles. The molecule has 20 heavy (non-hydrogen) atoms. The molecule has 2 N–H and O–H groups in total. The molecule has 0 radical (unpaired) electrons. The highest BCUT2D eigenvalue weighted by Gasteiger charge is 2.16. The minimum absolute atomic E-state index is 0.206. The van der Waals surface area contributed by atoms with Gasteiger partial charge in [-0.1, -0.05) is 24.3 Å². The standard InChI is InChI=1S/C16H18N2O2/c1-17-16(19)15-9-8-14(20-15)12-6-4-11(5-7-12)13-3-2-10-18-13/h4-9,13,18H,2-3,10H2,1H3,(H,17,19)/t13-/m1/s1. The van der Waals surface area contributed by atoms with E-state index in [2.05, 4.69) is 22.8 Å². The number of amides is 1. The fourth-order valence-corrected chi connectivity index (χ4v) is 2.59. The third-order valence-corrected chi connectivity index (χ3v) is 3.71. The Bertz CT molecular complexity index is 595. The highest BCUT2D eigenvalue weighted by molar-refractivity contribution is 5.91. The van der Waals surface area contributed by atoms with Gasteiger partial charge in [0.15, 0.2) is 5.76 Å². The molecule has 0 unspecified atom stereocenters. The maximum absolute atomic E-state index is 11.5. The minimum atomic E-state index is -0.206. The van der Waals surface area contributed by atoms with Gasteiger partial charge in [-0.3, -0.25) is 4.79 Å². The van der Waals surface area contributed by atoms with Crippen LogP contribution >= 0.6 is 0 Å². The average molecular weight is 270 g/mol. The number of carbonyl (C=O) groups is 1. The lowest BCUT2D eigenvalue weighted by Gasteiger charge is -2.10. The van der Waals surface area contributed by atoms with Crippen molar-refractivity contribution in [1.29, 1.82) is 0 Å². The van der Waals surface area contributed by atoms with Gasteiger partial charge in [0.1, 0.15) is 5.76 Å². The van der Waals surface area contributed by atoms with Gasteiger partial charge in [-0.2, -0.15) is 0 Å². The first-order valence-corrected chi connectivity index (χ1v) is 6.93. The molecule has 1 saturated heterocycles. The molecular formula is C16H18N2O2. The Labute approximate surface area is 118 Å². The van der Waals surface area contributed by atoms with Crippen LogP contribution in [0.4, 0.5) is 0 Å². The lowest BCUT2D eigenvalue weighted by molar-refractivity contribution is 0.0936. The Balaban J connectivity index is 1.80. The summed E-state index contributed by atoms with van der Waals surface area (Å²) in [5.41, 5.74) is 2.30. The topological polar surface area (TPSA) is 54.3 Å². The van der Waals surface area contributed by atoms with E-state index in [1.54, 1.807) is 13.1 Å². The molecular weight excluding hydrogens is 252 g/mol. The van der Waals surface area contributed by atoms with Crippen molar-refractivity contribution in [2.45, 2.75) is 18.9 Å². The Morgan fingerprint density at radius 3 is 2.70 bits per heavy atom. The number of rotatable bonds is 3. The van der Waals surface area contributed by atoms with Gasteiger partial charge in [0.25, 0.3) is 5.91 Å². The van der Waals surface area contributed by atoms with Gasteiger partial charge in [-0.25, -0.2) is 0 Å². The normalized spacial score (nSPS) is 18.1. The van der Waals surface area contributed by atoms with Crippen molar-refractivity contribution in [2.75, 3.05) is 13.6 Å². The van der Waals surface area contributed by atoms with Crippen LogP contribution < -0.4 is 10.6 Å². The first-order chi connectivity index (χ1) is 9.78. The Kier molecular flexibility index (Phi) is 3.56. The zero-order valence-electron chi connectivity index (χ0n) is 11.5. The van der Waals surface area contributed by atoms with Gasteiger partial charge in [0.2, 0.25) is 0 Å². The molecule has 2 heterocycles. The molecule has 1 aromatic carbocycles. The summed E-state index contributed by atoms with van der Waals surface area (Å²) < 4.78 is 5.56. The maximum atomic E-state index is 11.5.